The zero-order valence-corrected chi connectivity index (χ0v) is 18.3. The first-order valence-corrected chi connectivity index (χ1v) is 11.0. The number of unbranched alkanes of at least 4 members (excludes halogenated alkanes) is 4. The number of nitrogens with one attached hydrogen (secondary N) is 1. The Bertz CT molecular complexity index is 559. The van der Waals surface area contributed by atoms with Crippen LogP contribution < -0.4 is 11.1 Å². The largest absolute Gasteiger partial charge is 0.466 e. The topological polar surface area (TPSA) is 102 Å². The molecule has 0 aromatic rings. The Balaban J connectivity index is 2.64. The van der Waals surface area contributed by atoms with Crippen LogP contribution >= 0.6 is 0 Å². The molecule has 0 saturated heterocycles. The number of nitrogens with two attached hydrogens (primary N) is 1. The number of methoxy groups -OCH3 is 1. The molecule has 0 heterocycles. The third-order valence-electron chi connectivity index (χ3n) is 5.86. The fourth-order valence-corrected chi connectivity index (χ4v) is 3.72. The van der Waals surface area contributed by atoms with Crippen LogP contribution in [0.4, 0.5) is 0 Å². The van der Waals surface area contributed by atoms with Crippen molar-refractivity contribution in [2.75, 3.05) is 20.2 Å². The van der Waals surface area contributed by atoms with Crippen LogP contribution in [0.2, 0.25) is 0 Å². The minimum atomic E-state index is -0.496. The molecule has 0 saturated carbocycles. The van der Waals surface area contributed by atoms with E-state index in [1.807, 2.05) is 13.0 Å². The molecule has 6 heteroatoms. The first-order chi connectivity index (χ1) is 13.9. The molecule has 1 aliphatic carbocycles. The molecule has 3 unspecified atom stereocenters. The molecule has 1 rings (SSSR count). The van der Waals surface area contributed by atoms with Crippen molar-refractivity contribution in [3.05, 3.63) is 23.8 Å². The van der Waals surface area contributed by atoms with Gasteiger partial charge in [0.05, 0.1) is 13.2 Å². The Hall–Kier alpha value is -1.66. The standard InChI is InChI=1S/C23H40N2O4/c1-17-10-9-11-19(22(27)25-15-8-6-4-5-7-14-24)12-13-20(16-21(17)26)18(2)23(28)29-3/h11,17,20-21,26H,2,4-10,12-16,24H2,1,3H3,(H,25,27)/b19-11+. The number of hydrogen-bond donors (Lipinski definition) is 3. The molecule has 29 heavy (non-hydrogen) atoms. The molecule has 0 aliphatic heterocycles. The summed E-state index contributed by atoms with van der Waals surface area (Å²) in [5.41, 5.74) is 6.63. The summed E-state index contributed by atoms with van der Waals surface area (Å²) in [5, 5.41) is 13.5. The highest BCUT2D eigenvalue weighted by Gasteiger charge is 2.27. The Morgan fingerprint density at radius 3 is 2.62 bits per heavy atom. The Morgan fingerprint density at radius 1 is 1.24 bits per heavy atom. The van der Waals surface area contributed by atoms with Gasteiger partial charge >= 0.3 is 5.97 Å². The van der Waals surface area contributed by atoms with Crippen molar-refractivity contribution < 1.29 is 19.4 Å². The van der Waals surface area contributed by atoms with E-state index < -0.39 is 12.1 Å². The smallest absolute Gasteiger partial charge is 0.333 e. The summed E-state index contributed by atoms with van der Waals surface area (Å²) in [6, 6.07) is 0. The molecule has 0 spiro atoms. The third kappa shape index (κ3) is 9.59. The van der Waals surface area contributed by atoms with Crippen molar-refractivity contribution in [3.63, 3.8) is 0 Å². The zero-order valence-electron chi connectivity index (χ0n) is 18.3. The summed E-state index contributed by atoms with van der Waals surface area (Å²) in [6.45, 7) is 7.30. The molecule has 0 aromatic heterocycles. The second kappa shape index (κ2) is 14.3. The molecule has 6 nitrogen and oxygen atoms in total. The molecule has 1 amide bonds. The van der Waals surface area contributed by atoms with Gasteiger partial charge in [0, 0.05) is 17.7 Å². The van der Waals surface area contributed by atoms with Crippen molar-refractivity contribution >= 4 is 11.9 Å². The van der Waals surface area contributed by atoms with Gasteiger partial charge in [-0.2, -0.15) is 0 Å². The van der Waals surface area contributed by atoms with E-state index in [9.17, 15) is 14.7 Å². The molecular weight excluding hydrogens is 368 g/mol. The van der Waals surface area contributed by atoms with E-state index in [1.165, 1.54) is 7.11 Å². The van der Waals surface area contributed by atoms with Crippen LogP contribution in [0.25, 0.3) is 0 Å². The van der Waals surface area contributed by atoms with Crippen molar-refractivity contribution in [3.8, 4) is 0 Å². The first-order valence-electron chi connectivity index (χ1n) is 11.0. The summed E-state index contributed by atoms with van der Waals surface area (Å²) in [4.78, 5) is 24.6. The van der Waals surface area contributed by atoms with Crippen LogP contribution in [-0.4, -0.2) is 43.3 Å². The maximum atomic E-state index is 12.6. The Labute approximate surface area is 176 Å². The van der Waals surface area contributed by atoms with E-state index in [-0.39, 0.29) is 17.7 Å². The highest BCUT2D eigenvalue weighted by Crippen LogP contribution is 2.29. The predicted molar refractivity (Wildman–Crippen MR) is 116 cm³/mol. The highest BCUT2D eigenvalue weighted by atomic mass is 16.5. The summed E-state index contributed by atoms with van der Waals surface area (Å²) < 4.78 is 4.81. The van der Waals surface area contributed by atoms with Crippen LogP contribution in [0.1, 0.15) is 71.1 Å². The number of aliphatic hydroxyl groups is 1. The van der Waals surface area contributed by atoms with Gasteiger partial charge in [0.15, 0.2) is 0 Å². The van der Waals surface area contributed by atoms with Crippen LogP contribution in [0, 0.1) is 11.8 Å². The van der Waals surface area contributed by atoms with Crippen LogP contribution in [0.15, 0.2) is 23.8 Å². The summed E-state index contributed by atoms with van der Waals surface area (Å²) in [6.07, 6.45) is 10.1. The number of amides is 1. The van der Waals surface area contributed by atoms with Crippen molar-refractivity contribution in [1.29, 1.82) is 0 Å². The number of carbonyl (C=O) groups excluding carboxylic acids is 2. The lowest BCUT2D eigenvalue weighted by Crippen LogP contribution is -2.28. The molecular formula is C23H40N2O4. The summed E-state index contributed by atoms with van der Waals surface area (Å²) in [5.74, 6) is -0.577. The second-order valence-corrected chi connectivity index (χ2v) is 8.15. The van der Waals surface area contributed by atoms with Crippen molar-refractivity contribution in [2.45, 2.75) is 77.2 Å². The van der Waals surface area contributed by atoms with Gasteiger partial charge in [0.25, 0.3) is 0 Å². The quantitative estimate of drug-likeness (QED) is 0.293. The molecule has 166 valence electrons. The lowest BCUT2D eigenvalue weighted by atomic mass is 9.82. The van der Waals surface area contributed by atoms with E-state index >= 15 is 0 Å². The number of rotatable bonds is 10. The van der Waals surface area contributed by atoms with Gasteiger partial charge in [-0.15, -0.1) is 0 Å². The van der Waals surface area contributed by atoms with Crippen molar-refractivity contribution in [1.82, 2.24) is 5.32 Å². The van der Waals surface area contributed by atoms with Crippen LogP contribution in [-0.2, 0) is 14.3 Å². The lowest BCUT2D eigenvalue weighted by molar-refractivity contribution is -0.136. The maximum absolute atomic E-state index is 12.6. The zero-order chi connectivity index (χ0) is 21.6. The first kappa shape index (κ1) is 25.4. The number of allylic oxidation sites excluding steroid dienone is 1. The highest BCUT2D eigenvalue weighted by molar-refractivity contribution is 5.93. The Morgan fingerprint density at radius 2 is 1.93 bits per heavy atom. The summed E-state index contributed by atoms with van der Waals surface area (Å²) >= 11 is 0. The van der Waals surface area contributed by atoms with Crippen LogP contribution in [0.3, 0.4) is 0 Å². The fourth-order valence-electron chi connectivity index (χ4n) is 3.72. The average molecular weight is 409 g/mol. The number of ether oxygens (including phenoxy) is 1. The maximum Gasteiger partial charge on any atom is 0.333 e. The van der Waals surface area contributed by atoms with E-state index in [2.05, 4.69) is 11.9 Å². The molecule has 0 fully saturated rings. The van der Waals surface area contributed by atoms with Crippen LogP contribution in [0.5, 0.6) is 0 Å². The predicted octanol–water partition coefficient (Wildman–Crippen LogP) is 3.24. The van der Waals surface area contributed by atoms with E-state index in [0.29, 0.717) is 31.4 Å². The lowest BCUT2D eigenvalue weighted by Gasteiger charge is -2.26. The Kier molecular flexibility index (Phi) is 12.6. The SMILES string of the molecule is C=C(C(=O)OC)C1CC/C(C(=O)NCCCCCCCN)=C\CCC(C)C(O)C1. The molecule has 1 aliphatic rings. The van der Waals surface area contributed by atoms with Gasteiger partial charge in [-0.25, -0.2) is 4.79 Å². The average Bonchev–Trinajstić information content (AvgIpc) is 2.72. The minimum absolute atomic E-state index is 0.0248. The fraction of sp³-hybridized carbons (Fsp3) is 0.739. The van der Waals surface area contributed by atoms with Gasteiger partial charge in [0.2, 0.25) is 5.91 Å². The molecule has 0 bridgehead atoms. The second-order valence-electron chi connectivity index (χ2n) is 8.15. The van der Waals surface area contributed by atoms with Gasteiger partial charge < -0.3 is 20.9 Å². The molecule has 0 radical (unpaired) electrons. The number of esters is 1. The normalized spacial score (nSPS) is 24.8. The summed E-state index contributed by atoms with van der Waals surface area (Å²) in [7, 11) is 1.33. The van der Waals surface area contributed by atoms with Gasteiger partial charge in [-0.3, -0.25) is 4.79 Å². The molecule has 0 aromatic carbocycles. The van der Waals surface area contributed by atoms with Gasteiger partial charge in [-0.05, 0) is 63.3 Å². The monoisotopic (exact) mass is 408 g/mol. The van der Waals surface area contributed by atoms with E-state index in [1.54, 1.807) is 0 Å². The van der Waals surface area contributed by atoms with E-state index in [0.717, 1.165) is 57.1 Å². The van der Waals surface area contributed by atoms with E-state index in [4.69, 9.17) is 10.5 Å². The number of carbonyl (C=O) groups is 2. The third-order valence-corrected chi connectivity index (χ3v) is 5.86. The number of hydrogen-bond acceptors (Lipinski definition) is 5. The van der Waals surface area contributed by atoms with Crippen molar-refractivity contribution in [2.24, 2.45) is 17.6 Å². The minimum Gasteiger partial charge on any atom is -0.466 e. The number of aliphatic hydroxyl groups excluding tert-OH is 1. The molecule has 4 N–H and O–H groups in total. The van der Waals surface area contributed by atoms with Gasteiger partial charge in [-0.1, -0.05) is 38.8 Å². The molecule has 3 atom stereocenters. The van der Waals surface area contributed by atoms with Gasteiger partial charge in [0.1, 0.15) is 0 Å².